The number of aliphatic hydroxyl groups excluding tert-OH is 1. The lowest BCUT2D eigenvalue weighted by molar-refractivity contribution is -0.123. The van der Waals surface area contributed by atoms with E-state index in [2.05, 4.69) is 26.1 Å². The van der Waals surface area contributed by atoms with E-state index in [1.54, 1.807) is 25.1 Å². The molecule has 0 bridgehead atoms. The van der Waals surface area contributed by atoms with Gasteiger partial charge in [-0.3, -0.25) is 10.2 Å². The van der Waals surface area contributed by atoms with Crippen LogP contribution in [-0.4, -0.2) is 29.9 Å². The smallest absolute Gasteiger partial charge is 0.245 e. The van der Waals surface area contributed by atoms with Crippen LogP contribution in [0.5, 0.6) is 0 Å². The molecule has 0 saturated carbocycles. The van der Waals surface area contributed by atoms with E-state index in [4.69, 9.17) is 16.2 Å². The van der Waals surface area contributed by atoms with E-state index in [9.17, 15) is 18.0 Å². The number of amides is 1. The van der Waals surface area contributed by atoms with Gasteiger partial charge >= 0.3 is 0 Å². The number of carbonyl (C=O) groups is 1. The third-order valence-corrected chi connectivity index (χ3v) is 4.95. The normalized spacial score (nSPS) is 9.60. The van der Waals surface area contributed by atoms with Crippen LogP contribution < -0.4 is 11.1 Å². The van der Waals surface area contributed by atoms with Gasteiger partial charge in [0.2, 0.25) is 5.91 Å². The Morgan fingerprint density at radius 3 is 1.95 bits per heavy atom. The van der Waals surface area contributed by atoms with Gasteiger partial charge in [-0.05, 0) is 79.8 Å². The van der Waals surface area contributed by atoms with Crippen molar-refractivity contribution >= 4 is 28.6 Å². The molecular weight excluding hydrogens is 535 g/mol. The van der Waals surface area contributed by atoms with Crippen molar-refractivity contribution < 1.29 is 23.1 Å². The summed E-state index contributed by atoms with van der Waals surface area (Å²) in [4.78, 5) is 11.3. The van der Waals surface area contributed by atoms with Crippen molar-refractivity contribution in [3.63, 3.8) is 0 Å². The van der Waals surface area contributed by atoms with Gasteiger partial charge in [0.1, 0.15) is 18.2 Å². The molecule has 0 spiro atoms. The molecule has 1 aromatic heterocycles. The average Bonchev–Trinajstić information content (AvgIpc) is 3.32. The number of aryl methyl sites for hydroxylation is 1. The molecule has 3 rings (SSSR count). The number of allylic oxidation sites excluding steroid dienone is 2. The second-order valence-electron chi connectivity index (χ2n) is 8.70. The number of rotatable bonds is 6. The maximum atomic E-state index is 12.4. The van der Waals surface area contributed by atoms with E-state index in [0.29, 0.717) is 22.7 Å². The van der Waals surface area contributed by atoms with Crippen LogP contribution in [0, 0.1) is 35.0 Å². The molecule has 0 aliphatic carbocycles. The first-order chi connectivity index (χ1) is 18.9. The van der Waals surface area contributed by atoms with Crippen LogP contribution in [0.2, 0.25) is 0 Å². The van der Waals surface area contributed by atoms with Crippen LogP contribution in [0.4, 0.5) is 18.9 Å². The van der Waals surface area contributed by atoms with E-state index in [1.807, 2.05) is 45.0 Å². The summed E-state index contributed by atoms with van der Waals surface area (Å²) in [5, 5.41) is 18.2. The molecule has 9 heteroatoms. The predicted octanol–water partition coefficient (Wildman–Crippen LogP) is 7.71. The number of hydrogen-bond acceptors (Lipinski definition) is 5. The Labute approximate surface area is 241 Å². The predicted molar refractivity (Wildman–Crippen MR) is 164 cm³/mol. The number of carbonyl (C=O) groups excluding carboxylic acids is 1. The number of hydrogen-bond donors (Lipinski definition) is 4. The molecule has 0 aliphatic heterocycles. The number of nitrogen functional groups attached to an aromatic ring is 1. The number of halogens is 3. The molecule has 0 atom stereocenters. The van der Waals surface area contributed by atoms with Crippen LogP contribution in [0.25, 0.3) is 0 Å². The lowest BCUT2D eigenvalue weighted by Crippen LogP contribution is -2.28. The fourth-order valence-corrected chi connectivity index (χ4v) is 3.15. The number of anilines is 1. The minimum absolute atomic E-state index is 0.241. The van der Waals surface area contributed by atoms with Gasteiger partial charge in [-0.1, -0.05) is 52.8 Å². The second-order valence-corrected chi connectivity index (χ2v) is 9.73. The van der Waals surface area contributed by atoms with Crippen molar-refractivity contribution in [2.24, 2.45) is 5.92 Å². The Morgan fingerprint density at radius 1 is 1.02 bits per heavy atom. The number of thiophene rings is 1. The van der Waals surface area contributed by atoms with Crippen LogP contribution >= 0.6 is 11.3 Å². The molecule has 1 heterocycles. The molecule has 0 unspecified atom stereocenters. The van der Waals surface area contributed by atoms with Gasteiger partial charge in [0.25, 0.3) is 0 Å². The SMILES string of the molecule is C/C=C\C(=N)c1ccc(F)s1.CC.CC(C)C.Cc1cc(F)cc(F)c1.Nc1ccc(CCNC(=O)CO)cc1. The van der Waals surface area contributed by atoms with Gasteiger partial charge in [0, 0.05) is 18.3 Å². The summed E-state index contributed by atoms with van der Waals surface area (Å²) in [7, 11) is 0. The number of nitrogens with two attached hydrogens (primary N) is 1. The number of aliphatic hydroxyl groups is 1. The monoisotopic (exact) mass is 579 g/mol. The molecule has 0 saturated heterocycles. The molecule has 2 aromatic carbocycles. The third kappa shape index (κ3) is 21.5. The van der Waals surface area contributed by atoms with E-state index >= 15 is 0 Å². The first-order valence-corrected chi connectivity index (χ1v) is 13.8. The largest absolute Gasteiger partial charge is 0.399 e. The third-order valence-electron chi connectivity index (χ3n) is 4.04. The van der Waals surface area contributed by atoms with E-state index in [1.165, 1.54) is 18.2 Å². The lowest BCUT2D eigenvalue weighted by Gasteiger charge is -2.03. The van der Waals surface area contributed by atoms with Crippen LogP contribution in [0.3, 0.4) is 0 Å². The number of nitrogens with one attached hydrogen (secondary N) is 2. The van der Waals surface area contributed by atoms with Crippen molar-refractivity contribution in [1.29, 1.82) is 5.41 Å². The van der Waals surface area contributed by atoms with Crippen molar-refractivity contribution in [2.75, 3.05) is 18.9 Å². The quantitative estimate of drug-likeness (QED) is 0.178. The Balaban J connectivity index is 0. The van der Waals surface area contributed by atoms with Crippen LogP contribution in [-0.2, 0) is 11.2 Å². The van der Waals surface area contributed by atoms with Crippen LogP contribution in [0.1, 0.15) is 57.5 Å². The summed E-state index contributed by atoms with van der Waals surface area (Å²) in [5.41, 5.74) is 8.33. The molecule has 40 heavy (non-hydrogen) atoms. The lowest BCUT2D eigenvalue weighted by atomic mass is 10.1. The first kappa shape index (κ1) is 38.7. The molecule has 5 nitrogen and oxygen atoms in total. The molecular formula is C31H44F3N3O2S. The van der Waals surface area contributed by atoms with Crippen molar-refractivity contribution in [2.45, 2.75) is 54.9 Å². The summed E-state index contributed by atoms with van der Waals surface area (Å²) >= 11 is 0.993. The van der Waals surface area contributed by atoms with Crippen molar-refractivity contribution in [3.05, 3.63) is 99.5 Å². The molecule has 0 aliphatic rings. The Kier molecular flexibility index (Phi) is 22.7. The fraction of sp³-hybridized carbons (Fsp3) is 0.355. The van der Waals surface area contributed by atoms with Crippen LogP contribution in [0.15, 0.2) is 66.7 Å². The average molecular weight is 580 g/mol. The minimum atomic E-state index is -0.521. The zero-order valence-electron chi connectivity index (χ0n) is 24.5. The zero-order valence-corrected chi connectivity index (χ0v) is 25.3. The molecule has 1 amide bonds. The van der Waals surface area contributed by atoms with Gasteiger partial charge in [0.05, 0.1) is 10.6 Å². The summed E-state index contributed by atoms with van der Waals surface area (Å²) in [6, 6.07) is 13.9. The Bertz CT molecular complexity index is 1080. The zero-order chi connectivity index (χ0) is 31.1. The molecule has 3 aromatic rings. The standard InChI is InChI=1S/C10H14N2O2.C8H8FNS.C7H6F2.C4H10.C2H6/c11-9-3-1-8(2-4-9)5-6-12-10(14)7-13;1-2-3-6(10)7-4-5-8(9)11-7;1-5-2-6(8)4-7(9)3-5;1-4(2)3;1-2/h1-4,13H,5-7,11H2,(H,12,14);2-5,10H,1H3;2-4H,1H3;4H,1-3H3;1-2H3/b;3-2-,10-6?;;;. The van der Waals surface area contributed by atoms with Gasteiger partial charge in [-0.15, -0.1) is 11.3 Å². The molecule has 222 valence electrons. The highest BCUT2D eigenvalue weighted by molar-refractivity contribution is 7.12. The van der Waals surface area contributed by atoms with E-state index in [-0.39, 0.29) is 11.0 Å². The molecule has 5 N–H and O–H groups in total. The number of benzene rings is 2. The highest BCUT2D eigenvalue weighted by Gasteiger charge is 2.01. The van der Waals surface area contributed by atoms with Gasteiger partial charge < -0.3 is 16.2 Å². The maximum absolute atomic E-state index is 12.4. The van der Waals surface area contributed by atoms with Gasteiger partial charge in [-0.2, -0.15) is 4.39 Å². The highest BCUT2D eigenvalue weighted by Crippen LogP contribution is 2.15. The summed E-state index contributed by atoms with van der Waals surface area (Å²) in [6.07, 6.45) is 4.15. The molecule has 0 fully saturated rings. The van der Waals surface area contributed by atoms with Crippen molar-refractivity contribution in [3.8, 4) is 0 Å². The van der Waals surface area contributed by atoms with E-state index in [0.717, 1.165) is 41.0 Å². The van der Waals surface area contributed by atoms with Crippen molar-refractivity contribution in [1.82, 2.24) is 5.32 Å². The topological polar surface area (TPSA) is 99.2 Å². The first-order valence-electron chi connectivity index (χ1n) is 13.0. The van der Waals surface area contributed by atoms with E-state index < -0.39 is 18.2 Å². The minimum Gasteiger partial charge on any atom is -0.399 e. The Hall–Kier alpha value is -3.43. The maximum Gasteiger partial charge on any atom is 0.245 e. The highest BCUT2D eigenvalue weighted by atomic mass is 32.1. The molecule has 0 radical (unpaired) electrons. The second kappa shape index (κ2) is 23.5. The fourth-order valence-electron chi connectivity index (χ4n) is 2.49. The summed E-state index contributed by atoms with van der Waals surface area (Å²) in [6.45, 7) is 14.1. The summed E-state index contributed by atoms with van der Waals surface area (Å²) < 4.78 is 36.8. The summed E-state index contributed by atoms with van der Waals surface area (Å²) in [5.74, 6) is -0.555. The van der Waals surface area contributed by atoms with Gasteiger partial charge in [0.15, 0.2) is 5.13 Å². The Morgan fingerprint density at radius 2 is 1.55 bits per heavy atom. The van der Waals surface area contributed by atoms with Gasteiger partial charge in [-0.25, -0.2) is 8.78 Å².